The molecule has 2 fully saturated rings. The normalized spacial score (nSPS) is 22.4. The molecular weight excluding hydrogens is 583 g/mol. The van der Waals surface area contributed by atoms with Gasteiger partial charge in [-0.2, -0.15) is 0 Å². The van der Waals surface area contributed by atoms with Gasteiger partial charge in [0.25, 0.3) is 11.8 Å². The van der Waals surface area contributed by atoms with E-state index in [2.05, 4.69) is 5.32 Å². The highest BCUT2D eigenvalue weighted by Gasteiger charge is 2.49. The van der Waals surface area contributed by atoms with E-state index in [1.165, 1.54) is 4.90 Å². The van der Waals surface area contributed by atoms with Crippen molar-refractivity contribution in [3.63, 3.8) is 0 Å². The number of imide groups is 1. The zero-order chi connectivity index (χ0) is 29.6. The maximum Gasteiger partial charge on any atom is 0.264 e. The molecule has 1 N–H and O–H groups in total. The Morgan fingerprint density at radius 3 is 2.14 bits per heavy atom. The summed E-state index contributed by atoms with van der Waals surface area (Å²) in [5.74, 6) is -5.48. The van der Waals surface area contributed by atoms with Crippen molar-refractivity contribution < 1.29 is 23.2 Å². The number of nitrogens with one attached hydrogen (secondary N) is 1. The number of amides is 3. The van der Waals surface area contributed by atoms with E-state index in [-0.39, 0.29) is 37.6 Å². The molecule has 6 nitrogen and oxygen atoms in total. The maximum absolute atomic E-state index is 16.0. The van der Waals surface area contributed by atoms with Crippen LogP contribution < -0.4 is 5.32 Å². The first-order valence-corrected chi connectivity index (χ1v) is 14.7. The first kappa shape index (κ1) is 28.8. The fourth-order valence-electron chi connectivity index (χ4n) is 6.55. The van der Waals surface area contributed by atoms with Crippen LogP contribution in [0.1, 0.15) is 57.8 Å². The van der Waals surface area contributed by atoms with Gasteiger partial charge in [0.15, 0.2) is 0 Å². The number of hydrogen-bond acceptors (Lipinski definition) is 4. The number of nitrogens with zero attached hydrogens (tertiary/aromatic N) is 2. The summed E-state index contributed by atoms with van der Waals surface area (Å²) in [6.07, 6.45) is 0.757. The van der Waals surface area contributed by atoms with Crippen LogP contribution in [0.5, 0.6) is 0 Å². The average Bonchev–Trinajstić information content (AvgIpc) is 3.26. The van der Waals surface area contributed by atoms with E-state index < -0.39 is 36.3 Å². The highest BCUT2D eigenvalue weighted by atomic mass is 35.5. The van der Waals surface area contributed by atoms with E-state index in [9.17, 15) is 14.4 Å². The minimum Gasteiger partial charge on any atom is -0.322 e. The lowest BCUT2D eigenvalue weighted by atomic mass is 9.74. The van der Waals surface area contributed by atoms with Gasteiger partial charge in [-0.1, -0.05) is 59.6 Å². The van der Waals surface area contributed by atoms with Gasteiger partial charge in [0, 0.05) is 47.0 Å². The first-order chi connectivity index (χ1) is 20.1. The molecule has 10 heteroatoms. The lowest BCUT2D eigenvalue weighted by Gasteiger charge is -2.42. The second kappa shape index (κ2) is 11.4. The van der Waals surface area contributed by atoms with Crippen LogP contribution in [0.2, 0.25) is 10.0 Å². The third-order valence-electron chi connectivity index (χ3n) is 8.59. The predicted octanol–water partition coefficient (Wildman–Crippen LogP) is 6.04. The highest BCUT2D eigenvalue weighted by molar-refractivity contribution is 6.30. The summed E-state index contributed by atoms with van der Waals surface area (Å²) in [6.45, 7) is 0.648. The molecule has 3 heterocycles. The summed E-state index contributed by atoms with van der Waals surface area (Å²) in [7, 11) is 0. The van der Waals surface area contributed by atoms with Crippen LogP contribution in [-0.2, 0) is 22.7 Å². The van der Waals surface area contributed by atoms with Crippen LogP contribution in [0.25, 0.3) is 0 Å². The number of fused-ring (bicyclic) bond motifs is 1. The Morgan fingerprint density at radius 2 is 1.55 bits per heavy atom. The van der Waals surface area contributed by atoms with Gasteiger partial charge < -0.3 is 4.90 Å². The number of carbonyl (C=O) groups is 3. The van der Waals surface area contributed by atoms with Gasteiger partial charge in [-0.25, -0.2) is 8.78 Å². The number of likely N-dealkylation sites (tertiary alicyclic amines) is 1. The van der Waals surface area contributed by atoms with Crippen LogP contribution >= 0.6 is 23.2 Å². The number of hydrogen-bond donors (Lipinski definition) is 1. The van der Waals surface area contributed by atoms with Crippen molar-refractivity contribution >= 4 is 40.9 Å². The van der Waals surface area contributed by atoms with E-state index in [0.717, 1.165) is 22.3 Å². The molecule has 0 spiro atoms. The Hall–Kier alpha value is -3.33. The Morgan fingerprint density at radius 1 is 0.905 bits per heavy atom. The SMILES string of the molecule is O=C1CCC(N2Cc3cc(CN4CCC(C(c5ccc(Cl)cc5)c5ccc(Cl)cc5)C(F)(F)C4)ccc3C2=O)C(=O)N1. The van der Waals surface area contributed by atoms with Gasteiger partial charge in [-0.15, -0.1) is 0 Å². The quantitative estimate of drug-likeness (QED) is 0.345. The van der Waals surface area contributed by atoms with Crippen LogP contribution in [0, 0.1) is 5.92 Å². The molecule has 3 aliphatic heterocycles. The number of alkyl halides is 2. The van der Waals surface area contributed by atoms with Gasteiger partial charge in [0.1, 0.15) is 6.04 Å². The van der Waals surface area contributed by atoms with Crippen LogP contribution in [0.15, 0.2) is 66.7 Å². The third-order valence-corrected chi connectivity index (χ3v) is 9.09. The Kier molecular flexibility index (Phi) is 7.81. The van der Waals surface area contributed by atoms with Crippen molar-refractivity contribution in [3.8, 4) is 0 Å². The minimum atomic E-state index is -2.97. The molecule has 42 heavy (non-hydrogen) atoms. The highest BCUT2D eigenvalue weighted by Crippen LogP contribution is 2.46. The number of carbonyl (C=O) groups excluding carboxylic acids is 3. The number of piperidine rings is 2. The largest absolute Gasteiger partial charge is 0.322 e. The first-order valence-electron chi connectivity index (χ1n) is 14.0. The Balaban J connectivity index is 1.18. The molecule has 2 unspecified atom stereocenters. The zero-order valence-corrected chi connectivity index (χ0v) is 24.2. The van der Waals surface area contributed by atoms with Gasteiger partial charge >= 0.3 is 0 Å². The van der Waals surface area contributed by atoms with Crippen molar-refractivity contribution in [3.05, 3.63) is 105 Å². The molecule has 0 aliphatic carbocycles. The standard InChI is InChI=1S/C32H29Cl2F2N3O3/c33-23-6-2-20(3-7-23)29(21-4-8-24(34)9-5-21)26-13-14-38(18-32(26,35)36)16-19-1-10-25-22(15-19)17-39(31(25)42)27-11-12-28(40)37-30(27)41/h1-10,15,26-27,29H,11-14,16-18H2,(H,37,40,41). The van der Waals surface area contributed by atoms with Crippen molar-refractivity contribution in [2.45, 2.75) is 50.2 Å². The molecule has 3 amide bonds. The molecule has 0 saturated carbocycles. The minimum absolute atomic E-state index is 0.183. The third kappa shape index (κ3) is 5.68. The average molecular weight is 613 g/mol. The van der Waals surface area contributed by atoms with E-state index in [1.807, 2.05) is 30.3 Å². The molecule has 218 valence electrons. The fraction of sp³-hybridized carbons (Fsp3) is 0.344. The van der Waals surface area contributed by atoms with Crippen LogP contribution in [0.4, 0.5) is 8.78 Å². The van der Waals surface area contributed by atoms with Gasteiger partial charge in [0.2, 0.25) is 11.8 Å². The van der Waals surface area contributed by atoms with Gasteiger partial charge in [-0.3, -0.25) is 24.6 Å². The summed E-state index contributed by atoms with van der Waals surface area (Å²) in [6, 6.07) is 18.8. The summed E-state index contributed by atoms with van der Waals surface area (Å²) in [4.78, 5) is 40.2. The van der Waals surface area contributed by atoms with Gasteiger partial charge in [-0.05, 0) is 72.0 Å². The molecule has 2 atom stereocenters. The van der Waals surface area contributed by atoms with Crippen molar-refractivity contribution in [2.24, 2.45) is 5.92 Å². The topological polar surface area (TPSA) is 69.7 Å². The van der Waals surface area contributed by atoms with Crippen molar-refractivity contribution in [2.75, 3.05) is 13.1 Å². The zero-order valence-electron chi connectivity index (χ0n) is 22.7. The smallest absolute Gasteiger partial charge is 0.264 e. The number of halogens is 4. The fourth-order valence-corrected chi connectivity index (χ4v) is 6.81. The molecule has 0 aromatic heterocycles. The van der Waals surface area contributed by atoms with Crippen molar-refractivity contribution in [1.82, 2.24) is 15.1 Å². The molecule has 2 saturated heterocycles. The van der Waals surface area contributed by atoms with Crippen LogP contribution in [-0.4, -0.2) is 52.6 Å². The lowest BCUT2D eigenvalue weighted by molar-refractivity contribution is -0.136. The van der Waals surface area contributed by atoms with E-state index in [1.54, 1.807) is 41.3 Å². The lowest BCUT2D eigenvalue weighted by Crippen LogP contribution is -2.52. The molecular formula is C32H29Cl2F2N3O3. The molecule has 3 aromatic carbocycles. The molecule has 6 rings (SSSR count). The molecule has 3 aliphatic rings. The van der Waals surface area contributed by atoms with Gasteiger partial charge in [0.05, 0.1) is 6.54 Å². The Bertz CT molecular complexity index is 1490. The summed E-state index contributed by atoms with van der Waals surface area (Å²) >= 11 is 12.2. The number of benzene rings is 3. The van der Waals surface area contributed by atoms with Crippen molar-refractivity contribution in [1.29, 1.82) is 0 Å². The summed E-state index contributed by atoms with van der Waals surface area (Å²) < 4.78 is 32.0. The maximum atomic E-state index is 16.0. The Labute approximate surface area is 252 Å². The van der Waals surface area contributed by atoms with Crippen LogP contribution in [0.3, 0.4) is 0 Å². The van der Waals surface area contributed by atoms with E-state index in [0.29, 0.717) is 28.7 Å². The van der Waals surface area contributed by atoms with E-state index in [4.69, 9.17) is 23.2 Å². The number of rotatable bonds is 6. The monoisotopic (exact) mass is 611 g/mol. The molecule has 3 aromatic rings. The summed E-state index contributed by atoms with van der Waals surface area (Å²) in [5, 5.41) is 3.40. The molecule has 0 radical (unpaired) electrons. The second-order valence-electron chi connectivity index (χ2n) is 11.3. The molecule has 0 bridgehead atoms. The predicted molar refractivity (Wildman–Crippen MR) is 156 cm³/mol. The second-order valence-corrected chi connectivity index (χ2v) is 12.2. The van der Waals surface area contributed by atoms with E-state index >= 15 is 8.78 Å². The summed E-state index contributed by atoms with van der Waals surface area (Å²) in [5.41, 5.74) is 3.65.